The molecule has 0 amide bonds. The third kappa shape index (κ3) is 4.85. The molecule has 0 N–H and O–H groups in total. The molecular weight excluding hydrogens is 713 g/mol. The highest BCUT2D eigenvalue weighted by atomic mass is 32.1. The van der Waals surface area contributed by atoms with Gasteiger partial charge in [-0.1, -0.05) is 91.0 Å². The lowest BCUT2D eigenvalue weighted by Crippen LogP contribution is -2.10. The Labute approximate surface area is 322 Å². The van der Waals surface area contributed by atoms with Crippen LogP contribution in [0.5, 0.6) is 0 Å². The molecule has 0 unspecified atom stereocenters. The number of furan rings is 2. The quantitative estimate of drug-likeness (QED) is 0.176. The maximum atomic E-state index is 6.39. The Kier molecular flexibility index (Phi) is 6.64. The molecule has 0 bridgehead atoms. The second-order valence-electron chi connectivity index (χ2n) is 13.9. The molecule has 0 saturated carbocycles. The molecule has 4 nitrogen and oxygen atoms in total. The van der Waals surface area contributed by atoms with Gasteiger partial charge in [0, 0.05) is 59.3 Å². The summed E-state index contributed by atoms with van der Waals surface area (Å²) in [5.74, 6) is 0. The Morgan fingerprint density at radius 3 is 1.96 bits per heavy atom. The Hall–Kier alpha value is -6.73. The summed E-state index contributed by atoms with van der Waals surface area (Å²) in [5, 5.41) is 7.95. The second kappa shape index (κ2) is 11.9. The predicted octanol–water partition coefficient (Wildman–Crippen LogP) is 15.3. The number of aromatic nitrogens is 1. The van der Waals surface area contributed by atoms with Crippen molar-refractivity contribution in [3.8, 4) is 21.7 Å². The highest BCUT2D eigenvalue weighted by Crippen LogP contribution is 2.45. The first kappa shape index (κ1) is 30.7. The fraction of sp³-hybridized carbons (Fsp3) is 0. The van der Waals surface area contributed by atoms with E-state index < -0.39 is 0 Å². The van der Waals surface area contributed by atoms with Gasteiger partial charge in [-0.2, -0.15) is 0 Å². The zero-order valence-corrected chi connectivity index (χ0v) is 30.8. The first-order valence-electron chi connectivity index (χ1n) is 18.3. The largest absolute Gasteiger partial charge is 0.456 e. The molecule has 12 aromatic rings. The van der Waals surface area contributed by atoms with Crippen molar-refractivity contribution in [1.29, 1.82) is 0 Å². The maximum Gasteiger partial charge on any atom is 0.137 e. The van der Waals surface area contributed by atoms with Gasteiger partial charge in [0.2, 0.25) is 0 Å². The molecule has 0 fully saturated rings. The lowest BCUT2D eigenvalue weighted by Gasteiger charge is -2.26. The maximum absolute atomic E-state index is 6.39. The monoisotopic (exact) mass is 740 g/mol. The number of nitrogens with zero attached hydrogens (tertiary/aromatic N) is 2. The molecular formula is C49H28N2O2S2. The number of hydrogen-bond donors (Lipinski definition) is 0. The van der Waals surface area contributed by atoms with Gasteiger partial charge in [-0.05, 0) is 83.9 Å². The lowest BCUT2D eigenvalue weighted by molar-refractivity contribution is 0.669. The van der Waals surface area contributed by atoms with Crippen LogP contribution in [0.4, 0.5) is 17.1 Å². The van der Waals surface area contributed by atoms with E-state index in [4.69, 9.17) is 13.8 Å². The Bertz CT molecular complexity index is 3440. The van der Waals surface area contributed by atoms with Gasteiger partial charge in [0.1, 0.15) is 27.3 Å². The predicted molar refractivity (Wildman–Crippen MR) is 233 cm³/mol. The average molecular weight is 741 g/mol. The van der Waals surface area contributed by atoms with Gasteiger partial charge in [-0.15, -0.1) is 22.7 Å². The van der Waals surface area contributed by atoms with Gasteiger partial charge in [0.25, 0.3) is 0 Å². The van der Waals surface area contributed by atoms with Crippen molar-refractivity contribution in [2.24, 2.45) is 0 Å². The Morgan fingerprint density at radius 2 is 1.09 bits per heavy atom. The second-order valence-corrected chi connectivity index (χ2v) is 16.0. The Balaban J connectivity index is 0.982. The molecule has 0 radical (unpaired) electrons. The van der Waals surface area contributed by atoms with Crippen LogP contribution in [0.2, 0.25) is 0 Å². The van der Waals surface area contributed by atoms with Gasteiger partial charge < -0.3 is 13.7 Å². The standard InChI is InChI=1S/C49H28N2O2S2/c1-2-9-30(10-3-1)49-50-39-27-38-37-25-31(19-24-45(37)54-46(38)28-47(39)55-49)29-17-20-32(21-18-29)51(33-22-23-35-34-11-4-6-14-41(34)53-44(35)26-33)40-13-8-16-43-48(40)36-12-5-7-15-42(36)52-43/h1-28H. The van der Waals surface area contributed by atoms with Crippen LogP contribution >= 0.6 is 22.7 Å². The number of thiazole rings is 1. The molecule has 0 atom stereocenters. The fourth-order valence-electron chi connectivity index (χ4n) is 8.11. The SMILES string of the molecule is c1ccc(-c2nc3cc4c(cc3s2)sc2ccc(-c3ccc(N(c5ccc6c(c5)oc5ccccc56)c5cccc6oc7ccccc7c56)cc3)cc24)cc1. The first-order chi connectivity index (χ1) is 27.2. The topological polar surface area (TPSA) is 42.4 Å². The number of thiophene rings is 1. The van der Waals surface area contributed by atoms with Crippen LogP contribution in [-0.4, -0.2) is 4.98 Å². The van der Waals surface area contributed by atoms with Gasteiger partial charge in [0.05, 0.1) is 21.3 Å². The number of anilines is 3. The molecule has 0 aliphatic heterocycles. The minimum Gasteiger partial charge on any atom is -0.456 e. The van der Waals surface area contributed by atoms with Crippen molar-refractivity contribution >= 4 is 114 Å². The van der Waals surface area contributed by atoms with Crippen molar-refractivity contribution in [3.05, 3.63) is 170 Å². The van der Waals surface area contributed by atoms with Crippen molar-refractivity contribution in [3.63, 3.8) is 0 Å². The van der Waals surface area contributed by atoms with Crippen molar-refractivity contribution in [2.45, 2.75) is 0 Å². The third-order valence-electron chi connectivity index (χ3n) is 10.7. The van der Waals surface area contributed by atoms with E-state index >= 15 is 0 Å². The molecule has 0 spiro atoms. The zero-order valence-electron chi connectivity index (χ0n) is 29.2. The van der Waals surface area contributed by atoms with Crippen LogP contribution < -0.4 is 4.90 Å². The van der Waals surface area contributed by atoms with Crippen LogP contribution in [0.15, 0.2) is 179 Å². The lowest BCUT2D eigenvalue weighted by atomic mass is 10.0. The minimum absolute atomic E-state index is 0.854. The third-order valence-corrected chi connectivity index (χ3v) is 12.9. The summed E-state index contributed by atoms with van der Waals surface area (Å²) < 4.78 is 16.5. The van der Waals surface area contributed by atoms with Crippen molar-refractivity contribution in [2.75, 3.05) is 4.90 Å². The van der Waals surface area contributed by atoms with Gasteiger partial charge in [-0.25, -0.2) is 4.98 Å². The molecule has 258 valence electrons. The van der Waals surface area contributed by atoms with Crippen molar-refractivity contribution in [1.82, 2.24) is 4.98 Å². The summed E-state index contributed by atoms with van der Waals surface area (Å²) in [5.41, 5.74) is 11.1. The van der Waals surface area contributed by atoms with E-state index in [1.54, 1.807) is 11.3 Å². The Morgan fingerprint density at radius 1 is 0.400 bits per heavy atom. The molecule has 0 aliphatic carbocycles. The van der Waals surface area contributed by atoms with Crippen LogP contribution in [0, 0.1) is 0 Å². The highest BCUT2D eigenvalue weighted by Gasteiger charge is 2.21. The van der Waals surface area contributed by atoms with E-state index in [1.165, 1.54) is 30.4 Å². The smallest absolute Gasteiger partial charge is 0.137 e. The average Bonchev–Trinajstić information content (AvgIpc) is 4.01. The summed E-state index contributed by atoms with van der Waals surface area (Å²) in [4.78, 5) is 7.36. The summed E-state index contributed by atoms with van der Waals surface area (Å²) in [6.07, 6.45) is 0. The van der Waals surface area contributed by atoms with E-state index in [0.717, 1.165) is 82.6 Å². The molecule has 4 heterocycles. The molecule has 55 heavy (non-hydrogen) atoms. The van der Waals surface area contributed by atoms with Gasteiger partial charge >= 0.3 is 0 Å². The van der Waals surface area contributed by atoms with E-state index in [0.29, 0.717) is 0 Å². The summed E-state index contributed by atoms with van der Waals surface area (Å²) in [6, 6.07) is 60.1. The van der Waals surface area contributed by atoms with Crippen molar-refractivity contribution < 1.29 is 8.83 Å². The van der Waals surface area contributed by atoms with E-state index in [9.17, 15) is 0 Å². The minimum atomic E-state index is 0.854. The normalized spacial score (nSPS) is 12.0. The fourth-order valence-corrected chi connectivity index (χ4v) is 10.3. The molecule has 0 aliphatic rings. The summed E-state index contributed by atoms with van der Waals surface area (Å²) in [6.45, 7) is 0. The molecule has 4 aromatic heterocycles. The summed E-state index contributed by atoms with van der Waals surface area (Å²) >= 11 is 3.61. The number of fused-ring (bicyclic) bond motifs is 10. The molecule has 8 aromatic carbocycles. The molecule has 6 heteroatoms. The zero-order chi connectivity index (χ0) is 36.0. The van der Waals surface area contributed by atoms with Crippen LogP contribution in [0.3, 0.4) is 0 Å². The molecule has 12 rings (SSSR count). The van der Waals surface area contributed by atoms with Gasteiger partial charge in [-0.3, -0.25) is 0 Å². The van der Waals surface area contributed by atoms with E-state index in [1.807, 2.05) is 41.7 Å². The first-order valence-corrected chi connectivity index (χ1v) is 19.9. The van der Waals surface area contributed by atoms with Crippen LogP contribution in [0.25, 0.3) is 96.0 Å². The number of rotatable bonds is 5. The van der Waals surface area contributed by atoms with Crippen LogP contribution in [0.1, 0.15) is 0 Å². The number of para-hydroxylation sites is 2. The number of hydrogen-bond acceptors (Lipinski definition) is 6. The molecule has 0 saturated heterocycles. The van der Waals surface area contributed by atoms with Gasteiger partial charge in [0.15, 0.2) is 0 Å². The van der Waals surface area contributed by atoms with Crippen LogP contribution in [-0.2, 0) is 0 Å². The summed E-state index contributed by atoms with van der Waals surface area (Å²) in [7, 11) is 0. The number of benzene rings is 8. The van der Waals surface area contributed by atoms with E-state index in [-0.39, 0.29) is 0 Å². The highest BCUT2D eigenvalue weighted by molar-refractivity contribution is 7.26. The van der Waals surface area contributed by atoms with E-state index in [2.05, 4.69) is 144 Å².